The number of halogens is 1. The summed E-state index contributed by atoms with van der Waals surface area (Å²) in [6.45, 7) is 4.04. The van der Waals surface area contributed by atoms with Gasteiger partial charge in [0.25, 0.3) is 0 Å². The van der Waals surface area contributed by atoms with Crippen molar-refractivity contribution < 1.29 is 9.53 Å². The summed E-state index contributed by atoms with van der Waals surface area (Å²) in [5.74, 6) is 1.01. The first-order valence-electron chi connectivity index (χ1n) is 10.4. The van der Waals surface area contributed by atoms with Gasteiger partial charge < -0.3 is 20.7 Å². The SMILES string of the molecule is COc1cc(CCNCC2CCNCC2)c(Cl)cc1NC(=O)Cc1cnc(C#N)cn1. The highest BCUT2D eigenvalue weighted by Crippen LogP contribution is 2.31. The Kier molecular flexibility index (Phi) is 8.59. The Morgan fingerprint density at radius 3 is 2.81 bits per heavy atom. The molecule has 2 heterocycles. The van der Waals surface area contributed by atoms with Gasteiger partial charge in [0.2, 0.25) is 5.91 Å². The number of aromatic nitrogens is 2. The van der Waals surface area contributed by atoms with E-state index in [4.69, 9.17) is 21.6 Å². The molecule has 0 bridgehead atoms. The number of benzene rings is 1. The van der Waals surface area contributed by atoms with Crippen molar-refractivity contribution in [2.24, 2.45) is 5.92 Å². The molecule has 1 saturated heterocycles. The topological polar surface area (TPSA) is 112 Å². The van der Waals surface area contributed by atoms with Crippen molar-refractivity contribution in [2.45, 2.75) is 25.7 Å². The number of hydrogen-bond donors (Lipinski definition) is 3. The molecule has 0 aliphatic carbocycles. The summed E-state index contributed by atoms with van der Waals surface area (Å²) in [5.41, 5.74) is 2.15. The van der Waals surface area contributed by atoms with Crippen LogP contribution in [0.3, 0.4) is 0 Å². The molecule has 8 nitrogen and oxygen atoms in total. The van der Waals surface area contributed by atoms with Gasteiger partial charge in [0.1, 0.15) is 11.8 Å². The summed E-state index contributed by atoms with van der Waals surface area (Å²) in [6.07, 6.45) is 5.99. The van der Waals surface area contributed by atoms with Crippen molar-refractivity contribution >= 4 is 23.2 Å². The van der Waals surface area contributed by atoms with Crippen LogP contribution in [0, 0.1) is 17.2 Å². The van der Waals surface area contributed by atoms with E-state index in [9.17, 15) is 4.79 Å². The van der Waals surface area contributed by atoms with Gasteiger partial charge >= 0.3 is 0 Å². The van der Waals surface area contributed by atoms with E-state index in [0.29, 0.717) is 22.2 Å². The van der Waals surface area contributed by atoms with Crippen molar-refractivity contribution in [3.05, 3.63) is 46.5 Å². The molecule has 164 valence electrons. The summed E-state index contributed by atoms with van der Waals surface area (Å²) in [4.78, 5) is 20.4. The van der Waals surface area contributed by atoms with E-state index in [2.05, 4.69) is 25.9 Å². The van der Waals surface area contributed by atoms with E-state index in [0.717, 1.165) is 44.1 Å². The maximum absolute atomic E-state index is 12.4. The quantitative estimate of drug-likeness (QED) is 0.511. The lowest BCUT2D eigenvalue weighted by atomic mass is 9.98. The average molecular weight is 443 g/mol. The van der Waals surface area contributed by atoms with Gasteiger partial charge in [-0.15, -0.1) is 0 Å². The zero-order valence-electron chi connectivity index (χ0n) is 17.6. The van der Waals surface area contributed by atoms with Crippen LogP contribution in [0.2, 0.25) is 5.02 Å². The summed E-state index contributed by atoms with van der Waals surface area (Å²) < 4.78 is 5.46. The molecule has 2 aromatic rings. The molecule has 1 aromatic carbocycles. The molecule has 9 heteroatoms. The van der Waals surface area contributed by atoms with Crippen LogP contribution >= 0.6 is 11.6 Å². The lowest BCUT2D eigenvalue weighted by Gasteiger charge is -2.22. The summed E-state index contributed by atoms with van der Waals surface area (Å²) in [7, 11) is 1.56. The zero-order chi connectivity index (χ0) is 22.1. The molecule has 1 fully saturated rings. The highest BCUT2D eigenvalue weighted by atomic mass is 35.5. The van der Waals surface area contributed by atoms with E-state index in [1.54, 1.807) is 13.2 Å². The number of rotatable bonds is 9. The van der Waals surface area contributed by atoms with Crippen LogP contribution in [0.25, 0.3) is 0 Å². The van der Waals surface area contributed by atoms with Gasteiger partial charge in [-0.25, -0.2) is 4.98 Å². The molecule has 0 unspecified atom stereocenters. The third-order valence-corrected chi connectivity index (χ3v) is 5.62. The smallest absolute Gasteiger partial charge is 0.230 e. The highest BCUT2D eigenvalue weighted by molar-refractivity contribution is 6.31. The highest BCUT2D eigenvalue weighted by Gasteiger charge is 2.15. The fourth-order valence-corrected chi connectivity index (χ4v) is 3.79. The zero-order valence-corrected chi connectivity index (χ0v) is 18.3. The lowest BCUT2D eigenvalue weighted by Crippen LogP contribution is -2.34. The van der Waals surface area contributed by atoms with Gasteiger partial charge in [-0.1, -0.05) is 11.6 Å². The van der Waals surface area contributed by atoms with Crippen molar-refractivity contribution in [3.8, 4) is 11.8 Å². The molecular formula is C22H27ClN6O2. The number of nitrogens with zero attached hydrogens (tertiary/aromatic N) is 3. The molecule has 0 radical (unpaired) electrons. The van der Waals surface area contributed by atoms with E-state index < -0.39 is 0 Å². The van der Waals surface area contributed by atoms with Crippen molar-refractivity contribution in [1.29, 1.82) is 5.26 Å². The third-order valence-electron chi connectivity index (χ3n) is 5.27. The summed E-state index contributed by atoms with van der Waals surface area (Å²) >= 11 is 6.47. The first kappa shape index (κ1) is 22.9. The molecule has 0 spiro atoms. The predicted molar refractivity (Wildman–Crippen MR) is 119 cm³/mol. The number of nitrogens with one attached hydrogen (secondary N) is 3. The van der Waals surface area contributed by atoms with Crippen LogP contribution in [0.15, 0.2) is 24.5 Å². The van der Waals surface area contributed by atoms with Crippen LogP contribution in [0.4, 0.5) is 5.69 Å². The third kappa shape index (κ3) is 6.89. The normalized spacial score (nSPS) is 14.1. The Labute approximate surface area is 187 Å². The number of methoxy groups -OCH3 is 1. The lowest BCUT2D eigenvalue weighted by molar-refractivity contribution is -0.115. The molecular weight excluding hydrogens is 416 g/mol. The molecule has 3 rings (SSSR count). The Balaban J connectivity index is 1.55. The maximum atomic E-state index is 12.4. The number of ether oxygens (including phenoxy) is 1. The molecule has 31 heavy (non-hydrogen) atoms. The number of carbonyl (C=O) groups excluding carboxylic acids is 1. The second-order valence-electron chi connectivity index (χ2n) is 7.52. The van der Waals surface area contributed by atoms with Crippen LogP contribution in [0.5, 0.6) is 5.75 Å². The molecule has 3 N–H and O–H groups in total. The fourth-order valence-electron chi connectivity index (χ4n) is 3.53. The Bertz CT molecular complexity index is 923. The Morgan fingerprint density at radius 1 is 1.32 bits per heavy atom. The minimum Gasteiger partial charge on any atom is -0.495 e. The maximum Gasteiger partial charge on any atom is 0.230 e. The van der Waals surface area contributed by atoms with Crippen molar-refractivity contribution in [2.75, 3.05) is 38.6 Å². The van der Waals surface area contributed by atoms with Gasteiger partial charge in [0.15, 0.2) is 5.69 Å². The van der Waals surface area contributed by atoms with Crippen LogP contribution in [0.1, 0.15) is 29.8 Å². The molecule has 1 amide bonds. The van der Waals surface area contributed by atoms with Crippen molar-refractivity contribution in [3.63, 3.8) is 0 Å². The van der Waals surface area contributed by atoms with Crippen LogP contribution < -0.4 is 20.7 Å². The Hall–Kier alpha value is -2.73. The predicted octanol–water partition coefficient (Wildman–Crippen LogP) is 2.32. The molecule has 1 aliphatic heterocycles. The largest absolute Gasteiger partial charge is 0.495 e. The standard InChI is InChI=1S/C22H27ClN6O2/c1-31-21-8-16(4-7-26-12-15-2-5-25-6-3-15)19(23)10-20(21)29-22(30)9-17-13-28-18(11-24)14-27-17/h8,10,13-15,25-26H,2-7,9,12H2,1H3,(H,29,30). The first-order valence-corrected chi connectivity index (χ1v) is 10.8. The fraction of sp³-hybridized carbons (Fsp3) is 0.455. The number of piperidine rings is 1. The van der Waals surface area contributed by atoms with E-state index >= 15 is 0 Å². The number of hydrogen-bond acceptors (Lipinski definition) is 7. The number of amides is 1. The minimum absolute atomic E-state index is 0.0296. The van der Waals surface area contributed by atoms with Gasteiger partial charge in [0.05, 0.1) is 37.3 Å². The van der Waals surface area contributed by atoms with E-state index in [-0.39, 0.29) is 18.0 Å². The average Bonchev–Trinajstić information content (AvgIpc) is 2.79. The number of carbonyl (C=O) groups is 1. The minimum atomic E-state index is -0.273. The number of nitriles is 1. The second kappa shape index (κ2) is 11.6. The van der Waals surface area contributed by atoms with E-state index in [1.807, 2.05) is 12.1 Å². The van der Waals surface area contributed by atoms with Crippen LogP contribution in [-0.2, 0) is 17.6 Å². The molecule has 1 aromatic heterocycles. The summed E-state index contributed by atoms with van der Waals surface area (Å²) in [6, 6.07) is 5.48. The monoisotopic (exact) mass is 442 g/mol. The first-order chi connectivity index (χ1) is 15.1. The van der Waals surface area contributed by atoms with Gasteiger partial charge in [-0.05, 0) is 69.1 Å². The van der Waals surface area contributed by atoms with Crippen LogP contribution in [-0.4, -0.2) is 49.2 Å². The second-order valence-corrected chi connectivity index (χ2v) is 7.93. The van der Waals surface area contributed by atoms with Gasteiger partial charge in [-0.3, -0.25) is 9.78 Å². The van der Waals surface area contributed by atoms with Crippen molar-refractivity contribution in [1.82, 2.24) is 20.6 Å². The van der Waals surface area contributed by atoms with E-state index in [1.165, 1.54) is 25.2 Å². The van der Waals surface area contributed by atoms with Gasteiger partial charge in [-0.2, -0.15) is 5.26 Å². The molecule has 1 aliphatic rings. The number of anilines is 1. The molecule has 0 atom stereocenters. The summed E-state index contributed by atoms with van der Waals surface area (Å²) in [5, 5.41) is 19.1. The Morgan fingerprint density at radius 2 is 2.13 bits per heavy atom. The molecule has 0 saturated carbocycles. The van der Waals surface area contributed by atoms with Gasteiger partial charge in [0, 0.05) is 5.02 Å².